The van der Waals surface area contributed by atoms with Gasteiger partial charge in [0.2, 0.25) is 0 Å². The molecule has 1 aliphatic heterocycles. The highest BCUT2D eigenvalue weighted by Gasteiger charge is 2.15. The fourth-order valence-electron chi connectivity index (χ4n) is 2.13. The van der Waals surface area contributed by atoms with Crippen molar-refractivity contribution in [2.45, 2.75) is 38.9 Å². The Balaban J connectivity index is 1.60. The van der Waals surface area contributed by atoms with Crippen LogP contribution in [0.25, 0.3) is 0 Å². The van der Waals surface area contributed by atoms with E-state index in [1.54, 1.807) is 6.20 Å². The minimum Gasteiger partial charge on any atom is -0.360 e. The third kappa shape index (κ3) is 2.21. The van der Waals surface area contributed by atoms with Crippen molar-refractivity contribution in [3.8, 4) is 0 Å². The van der Waals surface area contributed by atoms with Crippen LogP contribution in [0.5, 0.6) is 0 Å². The van der Waals surface area contributed by atoms with Gasteiger partial charge in [-0.1, -0.05) is 5.16 Å². The number of aromatic nitrogens is 4. The van der Waals surface area contributed by atoms with Crippen LogP contribution >= 0.6 is 0 Å². The summed E-state index contributed by atoms with van der Waals surface area (Å²) in [5.74, 6) is 2.97. The predicted molar refractivity (Wildman–Crippen MR) is 60.0 cm³/mol. The van der Waals surface area contributed by atoms with Crippen LogP contribution in [-0.2, 0) is 26.1 Å². The Bertz CT molecular complexity index is 476. The van der Waals surface area contributed by atoms with Crippen molar-refractivity contribution in [2.75, 3.05) is 0 Å². The average molecular weight is 233 g/mol. The average Bonchev–Trinajstić information content (AvgIpc) is 2.99. The highest BCUT2D eigenvalue weighted by Crippen LogP contribution is 2.13. The van der Waals surface area contributed by atoms with Gasteiger partial charge in [-0.25, -0.2) is 0 Å². The number of nitrogens with one attached hydrogen (secondary N) is 1. The van der Waals surface area contributed by atoms with Gasteiger partial charge in [-0.3, -0.25) is 0 Å². The lowest BCUT2D eigenvalue weighted by Crippen LogP contribution is -2.19. The van der Waals surface area contributed by atoms with Gasteiger partial charge in [-0.05, 0) is 12.8 Å². The molecule has 3 heterocycles. The molecule has 1 N–H and O–H groups in total. The van der Waals surface area contributed by atoms with Crippen molar-refractivity contribution in [1.82, 2.24) is 25.2 Å². The molecule has 17 heavy (non-hydrogen) atoms. The van der Waals surface area contributed by atoms with Crippen molar-refractivity contribution in [3.05, 3.63) is 29.7 Å². The number of hydrogen-bond donors (Lipinski definition) is 1. The van der Waals surface area contributed by atoms with E-state index in [0.717, 1.165) is 30.4 Å². The minimum absolute atomic E-state index is 0.669. The van der Waals surface area contributed by atoms with E-state index in [4.69, 9.17) is 4.52 Å². The van der Waals surface area contributed by atoms with Crippen LogP contribution < -0.4 is 5.32 Å². The van der Waals surface area contributed by atoms with Gasteiger partial charge in [0.05, 0.1) is 19.3 Å². The van der Waals surface area contributed by atoms with Gasteiger partial charge in [0.15, 0.2) is 0 Å². The molecule has 0 atom stereocenters. The third-order valence-corrected chi connectivity index (χ3v) is 3.01. The number of fused-ring (bicyclic) bond motifs is 1. The van der Waals surface area contributed by atoms with Crippen LogP contribution in [0.15, 0.2) is 16.8 Å². The molecular formula is C11H15N5O. The molecule has 0 aromatic carbocycles. The lowest BCUT2D eigenvalue weighted by atomic mass is 10.2. The highest BCUT2D eigenvalue weighted by atomic mass is 16.5. The molecule has 0 spiro atoms. The Morgan fingerprint density at radius 1 is 1.29 bits per heavy atom. The second kappa shape index (κ2) is 4.67. The topological polar surface area (TPSA) is 68.8 Å². The van der Waals surface area contributed by atoms with Gasteiger partial charge >= 0.3 is 0 Å². The maximum atomic E-state index is 5.01. The second-order valence-electron chi connectivity index (χ2n) is 4.22. The van der Waals surface area contributed by atoms with Gasteiger partial charge in [0.1, 0.15) is 17.4 Å². The zero-order chi connectivity index (χ0) is 11.5. The summed E-state index contributed by atoms with van der Waals surface area (Å²) < 4.78 is 7.23. The molecule has 0 amide bonds. The largest absolute Gasteiger partial charge is 0.360 e. The molecule has 2 aromatic heterocycles. The van der Waals surface area contributed by atoms with Crippen LogP contribution in [0.2, 0.25) is 0 Å². The summed E-state index contributed by atoms with van der Waals surface area (Å²) in [5.41, 5.74) is 0. The van der Waals surface area contributed by atoms with Crippen molar-refractivity contribution in [2.24, 2.45) is 0 Å². The number of aryl methyl sites for hydroxylation is 1. The summed E-state index contributed by atoms with van der Waals surface area (Å²) in [6, 6.07) is 1.85. The molecule has 0 bridgehead atoms. The van der Waals surface area contributed by atoms with Crippen molar-refractivity contribution in [1.29, 1.82) is 0 Å². The lowest BCUT2D eigenvalue weighted by molar-refractivity contribution is 0.371. The Hall–Kier alpha value is -1.69. The molecule has 1 aliphatic rings. The second-order valence-corrected chi connectivity index (χ2v) is 4.22. The van der Waals surface area contributed by atoms with Gasteiger partial charge in [0.25, 0.3) is 0 Å². The molecule has 3 rings (SSSR count). The smallest absolute Gasteiger partial charge is 0.150 e. The first-order valence-corrected chi connectivity index (χ1v) is 5.95. The van der Waals surface area contributed by atoms with Crippen LogP contribution in [0.3, 0.4) is 0 Å². The van der Waals surface area contributed by atoms with E-state index in [1.807, 2.05) is 6.07 Å². The molecule has 0 unspecified atom stereocenters. The lowest BCUT2D eigenvalue weighted by Gasteiger charge is -2.14. The van der Waals surface area contributed by atoms with Crippen LogP contribution in [0, 0.1) is 0 Å². The molecule has 6 nitrogen and oxygen atoms in total. The summed E-state index contributed by atoms with van der Waals surface area (Å²) in [6.07, 6.45) is 5.15. The van der Waals surface area contributed by atoms with Gasteiger partial charge in [-0.15, -0.1) is 10.2 Å². The fourth-order valence-corrected chi connectivity index (χ4v) is 2.13. The third-order valence-electron chi connectivity index (χ3n) is 3.01. The Kier molecular flexibility index (Phi) is 2.87. The van der Waals surface area contributed by atoms with Crippen molar-refractivity contribution >= 4 is 0 Å². The molecule has 0 saturated heterocycles. The fraction of sp³-hybridized carbons (Fsp3) is 0.545. The summed E-state index contributed by atoms with van der Waals surface area (Å²) in [6.45, 7) is 2.43. The number of rotatable bonds is 4. The zero-order valence-corrected chi connectivity index (χ0v) is 9.59. The maximum absolute atomic E-state index is 5.01. The van der Waals surface area contributed by atoms with Crippen molar-refractivity contribution in [3.63, 3.8) is 0 Å². The highest BCUT2D eigenvalue weighted by molar-refractivity contribution is 4.99. The first-order valence-electron chi connectivity index (χ1n) is 5.95. The first-order chi connectivity index (χ1) is 8.43. The van der Waals surface area contributed by atoms with E-state index in [0.29, 0.717) is 13.1 Å². The molecule has 6 heteroatoms. The van der Waals surface area contributed by atoms with Crippen LogP contribution in [-0.4, -0.2) is 19.9 Å². The van der Waals surface area contributed by atoms with E-state index in [9.17, 15) is 0 Å². The summed E-state index contributed by atoms with van der Waals surface area (Å²) in [5, 5.41) is 15.4. The zero-order valence-electron chi connectivity index (χ0n) is 9.59. The summed E-state index contributed by atoms with van der Waals surface area (Å²) >= 11 is 0. The first kappa shape index (κ1) is 10.5. The molecular weight excluding hydrogens is 218 g/mol. The Morgan fingerprint density at radius 2 is 2.29 bits per heavy atom. The van der Waals surface area contributed by atoms with E-state index < -0.39 is 0 Å². The molecule has 0 aliphatic carbocycles. The summed E-state index contributed by atoms with van der Waals surface area (Å²) in [4.78, 5) is 0. The SMILES string of the molecule is c1cc(CNCc2nnc3n2CCCC3)on1. The van der Waals surface area contributed by atoms with Gasteiger partial charge < -0.3 is 14.4 Å². The maximum Gasteiger partial charge on any atom is 0.150 e. The molecule has 0 fully saturated rings. The van der Waals surface area contributed by atoms with E-state index >= 15 is 0 Å². The molecule has 0 radical (unpaired) electrons. The Morgan fingerprint density at radius 3 is 3.18 bits per heavy atom. The number of hydrogen-bond acceptors (Lipinski definition) is 5. The number of nitrogens with zero attached hydrogens (tertiary/aromatic N) is 4. The van der Waals surface area contributed by atoms with Crippen LogP contribution in [0.1, 0.15) is 30.3 Å². The molecule has 0 saturated carbocycles. The molecule has 2 aromatic rings. The minimum atomic E-state index is 0.669. The van der Waals surface area contributed by atoms with Gasteiger partial charge in [0, 0.05) is 19.0 Å². The molecule has 90 valence electrons. The van der Waals surface area contributed by atoms with E-state index in [1.165, 1.54) is 12.8 Å². The van der Waals surface area contributed by atoms with E-state index in [2.05, 4.69) is 25.2 Å². The van der Waals surface area contributed by atoms with Crippen LogP contribution in [0.4, 0.5) is 0 Å². The standard InChI is InChI=1S/C11H15N5O/c1-2-6-16-10(3-1)14-15-11(16)8-12-7-9-4-5-13-17-9/h4-5,12H,1-3,6-8H2. The quantitative estimate of drug-likeness (QED) is 0.849. The monoisotopic (exact) mass is 233 g/mol. The van der Waals surface area contributed by atoms with Crippen molar-refractivity contribution < 1.29 is 4.52 Å². The van der Waals surface area contributed by atoms with E-state index in [-0.39, 0.29) is 0 Å². The summed E-state index contributed by atoms with van der Waals surface area (Å²) in [7, 11) is 0. The predicted octanol–water partition coefficient (Wildman–Crippen LogP) is 0.892. The Labute approximate surface area is 99.0 Å². The van der Waals surface area contributed by atoms with Gasteiger partial charge in [-0.2, -0.15) is 0 Å². The normalized spacial score (nSPS) is 14.8.